The van der Waals surface area contributed by atoms with E-state index in [0.717, 1.165) is 12.8 Å². The van der Waals surface area contributed by atoms with Crippen LogP contribution in [0.2, 0.25) is 0 Å². The lowest BCUT2D eigenvalue weighted by atomic mass is 10.1. The van der Waals surface area contributed by atoms with Crippen molar-refractivity contribution in [3.63, 3.8) is 0 Å². The number of ether oxygens (including phenoxy) is 3. The summed E-state index contributed by atoms with van der Waals surface area (Å²) in [5, 5.41) is 3.21. The maximum atomic E-state index is 11.9. The van der Waals surface area contributed by atoms with Crippen molar-refractivity contribution in [2.24, 2.45) is 0 Å². The normalized spacial score (nSPS) is 19.6. The second-order valence-electron chi connectivity index (χ2n) is 4.58. The summed E-state index contributed by atoms with van der Waals surface area (Å²) in [6, 6.07) is 3.22. The van der Waals surface area contributed by atoms with Crippen LogP contribution in [0.15, 0.2) is 17.0 Å². The molecule has 1 aliphatic heterocycles. The Balaban J connectivity index is 2.59. The van der Waals surface area contributed by atoms with Crippen LogP contribution in [0.5, 0.6) is 11.5 Å². The second-order valence-corrected chi connectivity index (χ2v) is 6.57. The van der Waals surface area contributed by atoms with E-state index in [1.807, 2.05) is 0 Å². The number of benzene rings is 1. The van der Waals surface area contributed by atoms with Crippen molar-refractivity contribution in [3.05, 3.63) is 17.7 Å². The highest BCUT2D eigenvalue weighted by molar-refractivity contribution is 7.90. The van der Waals surface area contributed by atoms with Gasteiger partial charge in [-0.3, -0.25) is 0 Å². The Bertz CT molecular complexity index is 579. The fourth-order valence-electron chi connectivity index (χ4n) is 2.21. The van der Waals surface area contributed by atoms with Gasteiger partial charge >= 0.3 is 0 Å². The van der Waals surface area contributed by atoms with E-state index in [1.165, 1.54) is 20.3 Å². The summed E-state index contributed by atoms with van der Waals surface area (Å²) < 4.78 is 40.0. The van der Waals surface area contributed by atoms with E-state index in [-0.39, 0.29) is 11.0 Å². The van der Waals surface area contributed by atoms with Gasteiger partial charge in [-0.15, -0.1) is 0 Å². The summed E-state index contributed by atoms with van der Waals surface area (Å²) in [7, 11) is -0.468. The van der Waals surface area contributed by atoms with Gasteiger partial charge in [-0.1, -0.05) is 0 Å². The largest absolute Gasteiger partial charge is 0.497 e. The molecule has 1 unspecified atom stereocenters. The highest BCUT2D eigenvalue weighted by Crippen LogP contribution is 2.37. The van der Waals surface area contributed by atoms with E-state index < -0.39 is 9.84 Å². The minimum absolute atomic E-state index is 0.114. The molecule has 0 aromatic heterocycles. The van der Waals surface area contributed by atoms with Gasteiger partial charge in [0.15, 0.2) is 9.84 Å². The predicted molar refractivity (Wildman–Crippen MR) is 74.2 cm³/mol. The fourth-order valence-corrected chi connectivity index (χ4v) is 3.08. The molecular formula is C13H19NO5S. The Morgan fingerprint density at radius 1 is 1.30 bits per heavy atom. The average Bonchev–Trinajstić information content (AvgIpc) is 2.45. The first-order chi connectivity index (χ1) is 9.47. The summed E-state index contributed by atoms with van der Waals surface area (Å²) in [6.45, 7) is 1.95. The van der Waals surface area contributed by atoms with Crippen LogP contribution in [0.3, 0.4) is 0 Å². The lowest BCUT2D eigenvalue weighted by Gasteiger charge is -2.26. The van der Waals surface area contributed by atoms with Crippen molar-refractivity contribution in [2.75, 3.05) is 40.2 Å². The van der Waals surface area contributed by atoms with Crippen LogP contribution in [-0.4, -0.2) is 48.6 Å². The summed E-state index contributed by atoms with van der Waals surface area (Å²) in [4.78, 5) is 0.114. The highest BCUT2D eigenvalue weighted by Gasteiger charge is 2.26. The summed E-state index contributed by atoms with van der Waals surface area (Å²) >= 11 is 0. The van der Waals surface area contributed by atoms with Crippen molar-refractivity contribution in [2.45, 2.75) is 11.0 Å². The van der Waals surface area contributed by atoms with Crippen molar-refractivity contribution in [1.82, 2.24) is 5.32 Å². The van der Waals surface area contributed by atoms with Crippen LogP contribution in [0, 0.1) is 0 Å². The molecule has 1 aromatic carbocycles. The maximum absolute atomic E-state index is 11.9. The fraction of sp³-hybridized carbons (Fsp3) is 0.538. The van der Waals surface area contributed by atoms with Gasteiger partial charge in [-0.05, 0) is 6.07 Å². The first-order valence-electron chi connectivity index (χ1n) is 6.25. The minimum Gasteiger partial charge on any atom is -0.497 e. The van der Waals surface area contributed by atoms with E-state index in [0.29, 0.717) is 30.2 Å². The zero-order valence-electron chi connectivity index (χ0n) is 11.8. The Morgan fingerprint density at radius 2 is 2.05 bits per heavy atom. The van der Waals surface area contributed by atoms with Crippen LogP contribution < -0.4 is 14.8 Å². The molecule has 1 saturated heterocycles. The third kappa shape index (κ3) is 3.05. The number of hydrogen-bond acceptors (Lipinski definition) is 6. The Morgan fingerprint density at radius 3 is 2.55 bits per heavy atom. The zero-order valence-corrected chi connectivity index (χ0v) is 12.6. The molecule has 2 rings (SSSR count). The van der Waals surface area contributed by atoms with Crippen LogP contribution in [-0.2, 0) is 14.6 Å². The topological polar surface area (TPSA) is 73.9 Å². The monoisotopic (exact) mass is 301 g/mol. The first-order valence-corrected chi connectivity index (χ1v) is 8.14. The van der Waals surface area contributed by atoms with Crippen LogP contribution in [0.1, 0.15) is 11.7 Å². The highest BCUT2D eigenvalue weighted by atomic mass is 32.2. The van der Waals surface area contributed by atoms with Gasteiger partial charge in [0.1, 0.15) is 16.4 Å². The second kappa shape index (κ2) is 5.99. The van der Waals surface area contributed by atoms with E-state index in [2.05, 4.69) is 5.32 Å². The molecule has 0 aliphatic carbocycles. The lowest BCUT2D eigenvalue weighted by molar-refractivity contribution is 0.0259. The number of morpholine rings is 1. The Labute approximate surface area is 118 Å². The molecule has 1 fully saturated rings. The molecule has 0 saturated carbocycles. The van der Waals surface area contributed by atoms with E-state index in [9.17, 15) is 8.42 Å². The van der Waals surface area contributed by atoms with Crippen LogP contribution >= 0.6 is 0 Å². The van der Waals surface area contributed by atoms with Gasteiger partial charge in [-0.2, -0.15) is 0 Å². The van der Waals surface area contributed by atoms with Gasteiger partial charge in [0.25, 0.3) is 0 Å². The first kappa shape index (κ1) is 15.1. The molecule has 1 atom stereocenters. The third-order valence-electron chi connectivity index (χ3n) is 3.17. The van der Waals surface area contributed by atoms with Crippen molar-refractivity contribution in [3.8, 4) is 11.5 Å². The SMILES string of the molecule is COc1cc(C2CNCCO2)c(OC)c(S(C)(=O)=O)c1. The summed E-state index contributed by atoms with van der Waals surface area (Å²) in [5.74, 6) is 0.789. The van der Waals surface area contributed by atoms with Gasteiger partial charge in [0, 0.05) is 31.0 Å². The standard InChI is InChI=1S/C13H19NO5S/c1-17-9-6-10(11-8-14-4-5-19-11)13(18-2)12(7-9)20(3,15)16/h6-7,11,14H,4-5,8H2,1-3H3. The van der Waals surface area contributed by atoms with Crippen LogP contribution in [0.25, 0.3) is 0 Å². The molecule has 1 N–H and O–H groups in total. The number of sulfone groups is 1. The molecule has 7 heteroatoms. The average molecular weight is 301 g/mol. The molecule has 0 bridgehead atoms. The predicted octanol–water partition coefficient (Wildman–Crippen LogP) is 0.768. The molecule has 1 aromatic rings. The quantitative estimate of drug-likeness (QED) is 0.885. The molecular weight excluding hydrogens is 282 g/mol. The molecule has 0 radical (unpaired) electrons. The molecule has 1 heterocycles. The molecule has 1 aliphatic rings. The van der Waals surface area contributed by atoms with Crippen molar-refractivity contribution >= 4 is 9.84 Å². The molecule has 0 amide bonds. The van der Waals surface area contributed by atoms with Gasteiger partial charge in [0.2, 0.25) is 0 Å². The maximum Gasteiger partial charge on any atom is 0.179 e. The third-order valence-corrected chi connectivity index (χ3v) is 4.27. The smallest absolute Gasteiger partial charge is 0.179 e. The number of nitrogens with one attached hydrogen (secondary N) is 1. The summed E-state index contributed by atoms with van der Waals surface area (Å²) in [5.41, 5.74) is 0.680. The lowest BCUT2D eigenvalue weighted by Crippen LogP contribution is -2.33. The number of hydrogen-bond donors (Lipinski definition) is 1. The van der Waals surface area contributed by atoms with E-state index in [1.54, 1.807) is 6.07 Å². The molecule has 20 heavy (non-hydrogen) atoms. The minimum atomic E-state index is -3.42. The summed E-state index contributed by atoms with van der Waals surface area (Å²) in [6.07, 6.45) is 0.892. The van der Waals surface area contributed by atoms with Gasteiger partial charge in [0.05, 0.1) is 26.9 Å². The van der Waals surface area contributed by atoms with Crippen LogP contribution in [0.4, 0.5) is 0 Å². The Kier molecular flexibility index (Phi) is 4.52. The van der Waals surface area contributed by atoms with Crippen molar-refractivity contribution < 1.29 is 22.6 Å². The molecule has 112 valence electrons. The number of rotatable bonds is 4. The Hall–Kier alpha value is -1.31. The van der Waals surface area contributed by atoms with Gasteiger partial charge in [-0.25, -0.2) is 8.42 Å². The van der Waals surface area contributed by atoms with Crippen molar-refractivity contribution in [1.29, 1.82) is 0 Å². The zero-order chi connectivity index (χ0) is 14.8. The van der Waals surface area contributed by atoms with E-state index in [4.69, 9.17) is 14.2 Å². The molecule has 6 nitrogen and oxygen atoms in total. The number of methoxy groups -OCH3 is 2. The molecule has 0 spiro atoms. The van der Waals surface area contributed by atoms with E-state index >= 15 is 0 Å². The van der Waals surface area contributed by atoms with Gasteiger partial charge < -0.3 is 19.5 Å².